The zero-order chi connectivity index (χ0) is 18.2. The third kappa shape index (κ3) is 4.56. The van der Waals surface area contributed by atoms with Crippen LogP contribution in [0.4, 0.5) is 0 Å². The number of imidazole rings is 1. The highest BCUT2D eigenvalue weighted by atomic mass is 32.2. The van der Waals surface area contributed by atoms with Gasteiger partial charge in [-0.25, -0.2) is 13.4 Å². The van der Waals surface area contributed by atoms with E-state index in [9.17, 15) is 13.2 Å². The van der Waals surface area contributed by atoms with E-state index in [1.807, 2.05) is 41.5 Å². The normalized spacial score (nSPS) is 14.1. The maximum absolute atomic E-state index is 12.9. The topological polar surface area (TPSA) is 81.1 Å². The van der Waals surface area contributed by atoms with Gasteiger partial charge in [0.2, 0.25) is 20.9 Å². The van der Waals surface area contributed by atoms with Crippen LogP contribution in [0.1, 0.15) is 52.9 Å². The van der Waals surface area contributed by atoms with E-state index in [0.717, 1.165) is 5.69 Å². The highest BCUT2D eigenvalue weighted by molar-refractivity contribution is 7.92. The van der Waals surface area contributed by atoms with Gasteiger partial charge in [0.05, 0.1) is 5.69 Å². The summed E-state index contributed by atoms with van der Waals surface area (Å²) in [4.78, 5) is 16.5. The van der Waals surface area contributed by atoms with E-state index in [4.69, 9.17) is 0 Å². The molecule has 132 valence electrons. The molecule has 0 aliphatic carbocycles. The lowest BCUT2D eigenvalue weighted by molar-refractivity contribution is -0.121. The van der Waals surface area contributed by atoms with E-state index in [2.05, 4.69) is 10.3 Å². The zero-order valence-electron chi connectivity index (χ0n) is 15.4. The molecule has 0 radical (unpaired) electrons. The maximum atomic E-state index is 12.9. The van der Waals surface area contributed by atoms with E-state index in [0.29, 0.717) is 12.2 Å². The average molecular weight is 343 g/mol. The number of nitrogens with one attached hydrogen (secondary N) is 1. The molecule has 0 bridgehead atoms. The number of hydrogen-bond acceptors (Lipinski definition) is 4. The number of carbonyl (C=O) groups excluding carboxylic acids is 1. The molecule has 0 saturated heterocycles. The molecule has 6 nitrogen and oxygen atoms in total. The molecule has 1 atom stereocenters. The van der Waals surface area contributed by atoms with Gasteiger partial charge < -0.3 is 9.88 Å². The quantitative estimate of drug-likeness (QED) is 0.889. The summed E-state index contributed by atoms with van der Waals surface area (Å²) in [5.41, 5.74) is 1.01. The van der Waals surface area contributed by atoms with Gasteiger partial charge in [0, 0.05) is 17.8 Å². The van der Waals surface area contributed by atoms with Crippen LogP contribution in [0.25, 0.3) is 0 Å². The van der Waals surface area contributed by atoms with Crippen LogP contribution in [0.5, 0.6) is 0 Å². The predicted molar refractivity (Wildman–Crippen MR) is 91.1 cm³/mol. The predicted octanol–water partition coefficient (Wildman–Crippen LogP) is 2.23. The number of carbonyl (C=O) groups is 1. The Balaban J connectivity index is 3.28. The van der Waals surface area contributed by atoms with Gasteiger partial charge in [-0.15, -0.1) is 0 Å². The molecule has 0 aliphatic heterocycles. The summed E-state index contributed by atoms with van der Waals surface area (Å²) in [5.74, 6) is -0.234. The third-order valence-electron chi connectivity index (χ3n) is 3.56. The highest BCUT2D eigenvalue weighted by Gasteiger charge is 2.36. The van der Waals surface area contributed by atoms with Crippen LogP contribution in [0.3, 0.4) is 0 Å². The van der Waals surface area contributed by atoms with Crippen LogP contribution in [0, 0.1) is 19.8 Å². The second-order valence-corrected chi connectivity index (χ2v) is 9.66. The average Bonchev–Trinajstić information content (AvgIpc) is 2.64. The van der Waals surface area contributed by atoms with Gasteiger partial charge in [0.15, 0.2) is 0 Å². The molecule has 0 aromatic carbocycles. The van der Waals surface area contributed by atoms with Crippen molar-refractivity contribution < 1.29 is 13.2 Å². The number of amides is 1. The molecule has 1 aromatic heterocycles. The molecule has 1 rings (SSSR count). The fraction of sp³-hybridized carbons (Fsp3) is 0.750. The monoisotopic (exact) mass is 343 g/mol. The van der Waals surface area contributed by atoms with Crippen LogP contribution in [-0.4, -0.2) is 34.7 Å². The van der Waals surface area contributed by atoms with Crippen molar-refractivity contribution in [2.45, 2.75) is 77.9 Å². The molecular formula is C16H29N3O3S. The minimum Gasteiger partial charge on any atom is -0.350 e. The molecule has 1 aromatic rings. The minimum absolute atomic E-state index is 0.0160. The summed E-state index contributed by atoms with van der Waals surface area (Å²) in [6, 6.07) is 0. The number of nitrogens with zero attached hydrogens (tertiary/aromatic N) is 2. The van der Waals surface area contributed by atoms with E-state index in [1.165, 1.54) is 6.92 Å². The van der Waals surface area contributed by atoms with Crippen molar-refractivity contribution in [1.29, 1.82) is 0 Å². The molecule has 0 aliphatic rings. The molecule has 0 saturated carbocycles. The van der Waals surface area contributed by atoms with Crippen molar-refractivity contribution in [2.24, 2.45) is 5.92 Å². The van der Waals surface area contributed by atoms with Crippen LogP contribution in [0.2, 0.25) is 0 Å². The Hall–Kier alpha value is -1.37. The van der Waals surface area contributed by atoms with Crippen LogP contribution in [0.15, 0.2) is 5.16 Å². The van der Waals surface area contributed by atoms with Crippen LogP contribution >= 0.6 is 0 Å². The number of rotatable bonds is 5. The van der Waals surface area contributed by atoms with E-state index >= 15 is 0 Å². The summed E-state index contributed by atoms with van der Waals surface area (Å²) in [7, 11) is -3.85. The Morgan fingerprint density at radius 3 is 2.17 bits per heavy atom. The van der Waals surface area contributed by atoms with Crippen molar-refractivity contribution in [2.75, 3.05) is 0 Å². The SMILES string of the molecule is Cc1nc(S(=O)(=O)C(C)C(=O)NC(C)(C)C)n(CC(C)C)c1C. The maximum Gasteiger partial charge on any atom is 0.238 e. The summed E-state index contributed by atoms with van der Waals surface area (Å²) >= 11 is 0. The first-order valence-electron chi connectivity index (χ1n) is 7.87. The number of aromatic nitrogens is 2. The van der Waals surface area contributed by atoms with E-state index in [-0.39, 0.29) is 11.1 Å². The first-order chi connectivity index (χ1) is 10.3. The molecule has 23 heavy (non-hydrogen) atoms. The summed E-state index contributed by atoms with van der Waals surface area (Å²) in [6.07, 6.45) is 0. The molecule has 1 unspecified atom stereocenters. The van der Waals surface area contributed by atoms with Gasteiger partial charge in [0.1, 0.15) is 5.25 Å². The molecular weight excluding hydrogens is 314 g/mol. The Kier molecular flexibility index (Phi) is 5.67. The lowest BCUT2D eigenvalue weighted by atomic mass is 10.1. The number of hydrogen-bond donors (Lipinski definition) is 1. The molecule has 1 N–H and O–H groups in total. The molecule has 1 heterocycles. The first kappa shape index (κ1) is 19.7. The highest BCUT2D eigenvalue weighted by Crippen LogP contribution is 2.21. The summed E-state index contributed by atoms with van der Waals surface area (Å²) in [6.45, 7) is 15.1. The summed E-state index contributed by atoms with van der Waals surface area (Å²) in [5, 5.41) is 1.52. The van der Waals surface area contributed by atoms with Crippen LogP contribution in [-0.2, 0) is 21.2 Å². The van der Waals surface area contributed by atoms with Crippen LogP contribution < -0.4 is 5.32 Å². The lowest BCUT2D eigenvalue weighted by Crippen LogP contribution is -2.47. The first-order valence-corrected chi connectivity index (χ1v) is 9.41. The lowest BCUT2D eigenvalue weighted by Gasteiger charge is -2.23. The van der Waals surface area contributed by atoms with Gasteiger partial charge in [-0.2, -0.15) is 0 Å². The zero-order valence-corrected chi connectivity index (χ0v) is 16.2. The third-order valence-corrected chi connectivity index (χ3v) is 5.52. The van der Waals surface area contributed by atoms with E-state index in [1.54, 1.807) is 11.5 Å². The molecule has 0 fully saturated rings. The Labute approximate surface area is 139 Å². The van der Waals surface area contributed by atoms with Crippen molar-refractivity contribution in [3.63, 3.8) is 0 Å². The smallest absolute Gasteiger partial charge is 0.238 e. The molecule has 0 spiro atoms. The minimum atomic E-state index is -3.85. The number of sulfone groups is 1. The van der Waals surface area contributed by atoms with Gasteiger partial charge in [-0.1, -0.05) is 13.8 Å². The Bertz CT molecular complexity index is 682. The van der Waals surface area contributed by atoms with Gasteiger partial charge in [-0.05, 0) is 47.5 Å². The van der Waals surface area contributed by atoms with Gasteiger partial charge >= 0.3 is 0 Å². The van der Waals surface area contributed by atoms with Crippen molar-refractivity contribution in [1.82, 2.24) is 14.9 Å². The van der Waals surface area contributed by atoms with Crippen molar-refractivity contribution >= 4 is 15.7 Å². The second kappa shape index (κ2) is 6.63. The fourth-order valence-corrected chi connectivity index (χ4v) is 3.63. The van der Waals surface area contributed by atoms with Crippen molar-refractivity contribution in [3.8, 4) is 0 Å². The van der Waals surface area contributed by atoms with Gasteiger partial charge in [0.25, 0.3) is 0 Å². The number of aryl methyl sites for hydroxylation is 1. The summed E-state index contributed by atoms with van der Waals surface area (Å²) < 4.78 is 27.5. The van der Waals surface area contributed by atoms with E-state index < -0.39 is 26.5 Å². The molecule has 7 heteroatoms. The fourth-order valence-electron chi connectivity index (χ4n) is 2.19. The second-order valence-electron chi connectivity index (χ2n) is 7.50. The van der Waals surface area contributed by atoms with Gasteiger partial charge in [-0.3, -0.25) is 4.79 Å². The molecule has 1 amide bonds. The standard InChI is InChI=1S/C16H29N3O3S/c1-10(2)9-19-12(4)11(3)17-15(19)23(21,22)13(5)14(20)18-16(6,7)8/h10,13H,9H2,1-8H3,(H,18,20). The Morgan fingerprint density at radius 1 is 1.22 bits per heavy atom. The largest absolute Gasteiger partial charge is 0.350 e. The Morgan fingerprint density at radius 2 is 1.74 bits per heavy atom. The van der Waals surface area contributed by atoms with Crippen molar-refractivity contribution in [3.05, 3.63) is 11.4 Å².